The molecule has 3 nitrogen and oxygen atoms in total. The van der Waals surface area contributed by atoms with Gasteiger partial charge in [-0.2, -0.15) is 0 Å². The quantitative estimate of drug-likeness (QED) is 0.830. The van der Waals surface area contributed by atoms with Gasteiger partial charge in [0.05, 0.1) is 0 Å². The van der Waals surface area contributed by atoms with Crippen LogP contribution in [0.3, 0.4) is 0 Å². The van der Waals surface area contributed by atoms with Gasteiger partial charge >= 0.3 is 0 Å². The first kappa shape index (κ1) is 10.8. The van der Waals surface area contributed by atoms with E-state index >= 15 is 0 Å². The zero-order valence-electron chi connectivity index (χ0n) is 9.13. The van der Waals surface area contributed by atoms with Crippen LogP contribution in [0, 0.1) is 12.7 Å². The molecule has 1 aromatic heterocycles. The number of para-hydroxylation sites is 1. The Hall–Kier alpha value is -1.68. The number of anilines is 1. The average Bonchev–Trinajstić information content (AvgIpc) is 2.28. The zero-order chi connectivity index (χ0) is 11.5. The third kappa shape index (κ3) is 1.97. The van der Waals surface area contributed by atoms with Gasteiger partial charge < -0.3 is 11.1 Å². The number of hydrogen-bond donors (Lipinski definition) is 2. The second-order valence-corrected chi connectivity index (χ2v) is 3.68. The summed E-state index contributed by atoms with van der Waals surface area (Å²) in [4.78, 5) is 4.23. The van der Waals surface area contributed by atoms with E-state index in [1.54, 1.807) is 6.07 Å². The fourth-order valence-electron chi connectivity index (χ4n) is 1.67. The van der Waals surface area contributed by atoms with Crippen molar-refractivity contribution in [1.82, 2.24) is 4.98 Å². The molecule has 0 spiro atoms. The minimum absolute atomic E-state index is 0.294. The van der Waals surface area contributed by atoms with Crippen LogP contribution < -0.4 is 11.1 Å². The van der Waals surface area contributed by atoms with Gasteiger partial charge in [-0.3, -0.25) is 0 Å². The van der Waals surface area contributed by atoms with Crippen molar-refractivity contribution >= 4 is 16.7 Å². The molecule has 0 bridgehead atoms. The van der Waals surface area contributed by atoms with Gasteiger partial charge in [-0.05, 0) is 24.6 Å². The van der Waals surface area contributed by atoms with Crippen LogP contribution in [0.15, 0.2) is 24.3 Å². The third-order valence-corrected chi connectivity index (χ3v) is 2.45. The second-order valence-electron chi connectivity index (χ2n) is 3.68. The fraction of sp³-hybridized carbons (Fsp3) is 0.250. The molecule has 4 heteroatoms. The van der Waals surface area contributed by atoms with Crippen LogP contribution in [0.1, 0.15) is 5.56 Å². The maximum atomic E-state index is 13.6. The highest BCUT2D eigenvalue weighted by Crippen LogP contribution is 2.22. The zero-order valence-corrected chi connectivity index (χ0v) is 9.13. The minimum Gasteiger partial charge on any atom is -0.369 e. The summed E-state index contributed by atoms with van der Waals surface area (Å²) in [5, 5.41) is 3.90. The largest absolute Gasteiger partial charge is 0.369 e. The number of rotatable bonds is 3. The summed E-state index contributed by atoms with van der Waals surface area (Å²) in [5.74, 6) is 0.373. The van der Waals surface area contributed by atoms with Crippen molar-refractivity contribution < 1.29 is 4.39 Å². The number of pyridine rings is 1. The van der Waals surface area contributed by atoms with E-state index in [0.717, 1.165) is 10.9 Å². The number of nitrogens with one attached hydrogen (secondary N) is 1. The topological polar surface area (TPSA) is 50.9 Å². The second kappa shape index (κ2) is 4.45. The summed E-state index contributed by atoms with van der Waals surface area (Å²) in [7, 11) is 0. The summed E-state index contributed by atoms with van der Waals surface area (Å²) in [6.07, 6.45) is 0. The first-order valence-electron chi connectivity index (χ1n) is 5.22. The lowest BCUT2D eigenvalue weighted by Gasteiger charge is -2.08. The molecule has 0 aliphatic rings. The molecule has 1 heterocycles. The van der Waals surface area contributed by atoms with Gasteiger partial charge in [0.1, 0.15) is 17.2 Å². The van der Waals surface area contributed by atoms with E-state index in [1.165, 1.54) is 6.07 Å². The van der Waals surface area contributed by atoms with E-state index in [4.69, 9.17) is 5.73 Å². The molecular formula is C12H14FN3. The van der Waals surface area contributed by atoms with Gasteiger partial charge in [0.2, 0.25) is 0 Å². The third-order valence-electron chi connectivity index (χ3n) is 2.45. The highest BCUT2D eigenvalue weighted by molar-refractivity contribution is 5.84. The lowest BCUT2D eigenvalue weighted by atomic mass is 10.1. The van der Waals surface area contributed by atoms with Crippen LogP contribution in [0.5, 0.6) is 0 Å². The summed E-state index contributed by atoms with van der Waals surface area (Å²) < 4.78 is 13.6. The molecule has 0 aliphatic heterocycles. The predicted molar refractivity (Wildman–Crippen MR) is 64.0 cm³/mol. The molecule has 0 amide bonds. The van der Waals surface area contributed by atoms with Crippen molar-refractivity contribution in [3.8, 4) is 0 Å². The number of fused-ring (bicyclic) bond motifs is 1. The van der Waals surface area contributed by atoms with E-state index in [1.807, 2.05) is 19.1 Å². The van der Waals surface area contributed by atoms with Crippen LogP contribution in [0.4, 0.5) is 10.2 Å². The Kier molecular flexibility index (Phi) is 3.01. The Morgan fingerprint density at radius 2 is 2.25 bits per heavy atom. The molecule has 0 saturated carbocycles. The van der Waals surface area contributed by atoms with E-state index in [9.17, 15) is 4.39 Å². The monoisotopic (exact) mass is 219 g/mol. The van der Waals surface area contributed by atoms with Gasteiger partial charge in [0, 0.05) is 18.5 Å². The molecule has 0 radical (unpaired) electrons. The lowest BCUT2D eigenvalue weighted by Crippen LogP contribution is -2.14. The number of hydrogen-bond acceptors (Lipinski definition) is 3. The summed E-state index contributed by atoms with van der Waals surface area (Å²) in [6.45, 7) is 3.10. The number of nitrogens with zero attached hydrogens (tertiary/aromatic N) is 1. The summed E-state index contributed by atoms with van der Waals surface area (Å²) in [6, 6.07) is 6.88. The van der Waals surface area contributed by atoms with Crippen molar-refractivity contribution in [2.45, 2.75) is 6.92 Å². The minimum atomic E-state index is -0.294. The Labute approximate surface area is 93.5 Å². The number of halogens is 1. The highest BCUT2D eigenvalue weighted by atomic mass is 19.1. The van der Waals surface area contributed by atoms with Gasteiger partial charge in [-0.1, -0.05) is 12.1 Å². The molecule has 0 aliphatic carbocycles. The Bertz CT molecular complexity index is 511. The Balaban J connectivity index is 2.52. The number of nitrogens with two attached hydrogens (primary N) is 1. The lowest BCUT2D eigenvalue weighted by molar-refractivity contribution is 0.637. The van der Waals surface area contributed by atoms with Gasteiger partial charge in [0.25, 0.3) is 0 Å². The molecule has 0 saturated heterocycles. The van der Waals surface area contributed by atoms with Gasteiger partial charge in [0.15, 0.2) is 0 Å². The van der Waals surface area contributed by atoms with Crippen molar-refractivity contribution in [3.63, 3.8) is 0 Å². The molecule has 2 aromatic rings. The van der Waals surface area contributed by atoms with Crippen molar-refractivity contribution in [2.24, 2.45) is 5.73 Å². The Morgan fingerprint density at radius 1 is 1.44 bits per heavy atom. The molecule has 84 valence electrons. The van der Waals surface area contributed by atoms with Crippen LogP contribution in [-0.4, -0.2) is 18.1 Å². The van der Waals surface area contributed by atoms with Gasteiger partial charge in [-0.15, -0.1) is 0 Å². The first-order chi connectivity index (χ1) is 7.72. The summed E-state index contributed by atoms with van der Waals surface area (Å²) >= 11 is 0. The molecular weight excluding hydrogens is 205 g/mol. The van der Waals surface area contributed by atoms with E-state index in [-0.39, 0.29) is 5.82 Å². The smallest absolute Gasteiger partial charge is 0.149 e. The van der Waals surface area contributed by atoms with Crippen molar-refractivity contribution in [3.05, 3.63) is 35.6 Å². The van der Waals surface area contributed by atoms with Crippen molar-refractivity contribution in [2.75, 3.05) is 18.4 Å². The van der Waals surface area contributed by atoms with Crippen LogP contribution in [0.2, 0.25) is 0 Å². The van der Waals surface area contributed by atoms with Gasteiger partial charge in [-0.25, -0.2) is 9.37 Å². The van der Waals surface area contributed by atoms with E-state index in [2.05, 4.69) is 10.3 Å². The molecule has 0 atom stereocenters. The van der Waals surface area contributed by atoms with Crippen molar-refractivity contribution in [1.29, 1.82) is 0 Å². The Morgan fingerprint density at radius 3 is 3.00 bits per heavy atom. The molecule has 2 rings (SSSR count). The maximum Gasteiger partial charge on any atom is 0.149 e. The number of benzene rings is 1. The standard InChI is InChI=1S/C12H14FN3/c1-8-7-11(15-6-5-14)16-12-9(8)3-2-4-10(12)13/h2-4,7H,5-6,14H2,1H3,(H,15,16). The molecule has 1 aromatic carbocycles. The maximum absolute atomic E-state index is 13.6. The number of aromatic nitrogens is 1. The van der Waals surface area contributed by atoms with Crippen LogP contribution in [-0.2, 0) is 0 Å². The highest BCUT2D eigenvalue weighted by Gasteiger charge is 2.06. The molecule has 16 heavy (non-hydrogen) atoms. The molecule has 0 fully saturated rings. The SMILES string of the molecule is Cc1cc(NCCN)nc2c(F)cccc12. The average molecular weight is 219 g/mol. The summed E-state index contributed by atoms with van der Waals surface area (Å²) in [5.41, 5.74) is 6.80. The van der Waals surface area contributed by atoms with E-state index < -0.39 is 0 Å². The normalized spacial score (nSPS) is 10.7. The first-order valence-corrected chi connectivity index (χ1v) is 5.22. The predicted octanol–water partition coefficient (Wildman–Crippen LogP) is 2.05. The fourth-order valence-corrected chi connectivity index (χ4v) is 1.67. The number of aryl methyl sites for hydroxylation is 1. The van der Waals surface area contributed by atoms with Crippen LogP contribution in [0.25, 0.3) is 10.9 Å². The van der Waals surface area contributed by atoms with Crippen LogP contribution >= 0.6 is 0 Å². The van der Waals surface area contributed by atoms with E-state index in [0.29, 0.717) is 24.4 Å². The molecule has 0 unspecified atom stereocenters. The molecule has 3 N–H and O–H groups in total.